The van der Waals surface area contributed by atoms with E-state index >= 15 is 0 Å². The van der Waals surface area contributed by atoms with Crippen LogP contribution in [0.5, 0.6) is 0 Å². The largest absolute Gasteiger partial charge is 0.355 e. The molecular weight excluding hydrogens is 308 g/mol. The van der Waals surface area contributed by atoms with Crippen molar-refractivity contribution < 1.29 is 0 Å². The number of anilines is 1. The Hall–Kier alpha value is -2.47. The number of nitrogens with zero attached hydrogens (tertiary/aromatic N) is 3. The number of aromatic nitrogens is 3. The molecule has 0 bridgehead atoms. The zero-order valence-corrected chi connectivity index (χ0v) is 14.1. The van der Waals surface area contributed by atoms with E-state index in [0.717, 1.165) is 23.6 Å². The Labute approximate surface area is 138 Å². The average Bonchev–Trinajstić information content (AvgIpc) is 3.05. The maximum Gasteiger partial charge on any atom is 0.254 e. The Morgan fingerprint density at radius 2 is 2.09 bits per heavy atom. The second-order valence-corrected chi connectivity index (χ2v) is 6.30. The molecule has 0 saturated carbocycles. The van der Waals surface area contributed by atoms with Gasteiger partial charge in [-0.05, 0) is 48.4 Å². The molecule has 1 N–H and O–H groups in total. The number of aromatic amines is 1. The van der Waals surface area contributed by atoms with Crippen molar-refractivity contribution in [3.8, 4) is 11.4 Å². The van der Waals surface area contributed by atoms with Crippen LogP contribution < -0.4 is 10.5 Å². The van der Waals surface area contributed by atoms with Gasteiger partial charge in [0, 0.05) is 36.6 Å². The van der Waals surface area contributed by atoms with Gasteiger partial charge in [0.2, 0.25) is 0 Å². The van der Waals surface area contributed by atoms with Gasteiger partial charge >= 0.3 is 0 Å². The van der Waals surface area contributed by atoms with Crippen molar-refractivity contribution in [1.82, 2.24) is 15.0 Å². The first kappa shape index (κ1) is 15.4. The number of hydrogen-bond acceptors (Lipinski definition) is 5. The number of rotatable bonds is 4. The van der Waals surface area contributed by atoms with Gasteiger partial charge in [-0.25, -0.2) is 9.97 Å². The number of thiophene rings is 1. The van der Waals surface area contributed by atoms with Gasteiger partial charge < -0.3 is 9.88 Å². The summed E-state index contributed by atoms with van der Waals surface area (Å²) < 4.78 is 0. The molecule has 0 radical (unpaired) electrons. The normalized spacial score (nSPS) is 10.7. The van der Waals surface area contributed by atoms with Crippen LogP contribution >= 0.6 is 11.3 Å². The summed E-state index contributed by atoms with van der Waals surface area (Å²) in [6, 6.07) is 5.98. The average molecular weight is 326 g/mol. The third-order valence-corrected chi connectivity index (χ3v) is 4.54. The number of nitrogens with one attached hydrogen (secondary N) is 1. The molecule has 5 nitrogen and oxygen atoms in total. The van der Waals surface area contributed by atoms with Crippen LogP contribution in [0.1, 0.15) is 16.8 Å². The first-order chi connectivity index (χ1) is 11.0. The van der Waals surface area contributed by atoms with Gasteiger partial charge in [0.15, 0.2) is 0 Å². The van der Waals surface area contributed by atoms with Crippen LogP contribution in [0.3, 0.4) is 0 Å². The van der Waals surface area contributed by atoms with Crippen molar-refractivity contribution in [3.63, 3.8) is 0 Å². The van der Waals surface area contributed by atoms with Crippen LogP contribution in [0.15, 0.2) is 40.0 Å². The topological polar surface area (TPSA) is 61.9 Å². The highest BCUT2D eigenvalue weighted by Crippen LogP contribution is 2.19. The molecule has 0 saturated heterocycles. The molecule has 6 heteroatoms. The van der Waals surface area contributed by atoms with E-state index in [0.29, 0.717) is 11.4 Å². The van der Waals surface area contributed by atoms with Crippen molar-refractivity contribution in [3.05, 3.63) is 62.3 Å². The Morgan fingerprint density at radius 1 is 1.26 bits per heavy atom. The van der Waals surface area contributed by atoms with Crippen molar-refractivity contribution in [2.45, 2.75) is 20.4 Å². The Balaban J connectivity index is 1.83. The molecular formula is C17H18N4OS. The van der Waals surface area contributed by atoms with E-state index in [4.69, 9.17) is 0 Å². The highest BCUT2D eigenvalue weighted by molar-refractivity contribution is 7.07. The van der Waals surface area contributed by atoms with Gasteiger partial charge in [-0.2, -0.15) is 11.3 Å². The van der Waals surface area contributed by atoms with E-state index in [1.807, 2.05) is 26.1 Å². The highest BCUT2D eigenvalue weighted by Gasteiger charge is 2.08. The second kappa shape index (κ2) is 6.34. The third kappa shape index (κ3) is 3.32. The minimum Gasteiger partial charge on any atom is -0.355 e. The molecule has 23 heavy (non-hydrogen) atoms. The molecule has 0 atom stereocenters. The van der Waals surface area contributed by atoms with Crippen LogP contribution in [0.2, 0.25) is 0 Å². The zero-order valence-electron chi connectivity index (χ0n) is 13.3. The summed E-state index contributed by atoms with van der Waals surface area (Å²) in [6.45, 7) is 4.42. The van der Waals surface area contributed by atoms with Crippen molar-refractivity contribution in [1.29, 1.82) is 0 Å². The molecule has 3 aromatic heterocycles. The molecule has 0 aromatic carbocycles. The van der Waals surface area contributed by atoms with Crippen LogP contribution in [-0.4, -0.2) is 22.0 Å². The van der Waals surface area contributed by atoms with E-state index in [-0.39, 0.29) is 5.56 Å². The zero-order chi connectivity index (χ0) is 16.4. The lowest BCUT2D eigenvalue weighted by atomic mass is 10.2. The fourth-order valence-electron chi connectivity index (χ4n) is 2.27. The lowest BCUT2D eigenvalue weighted by Gasteiger charge is -2.17. The van der Waals surface area contributed by atoms with Crippen LogP contribution in [0.4, 0.5) is 5.82 Å². The third-order valence-electron chi connectivity index (χ3n) is 3.81. The van der Waals surface area contributed by atoms with Gasteiger partial charge in [-0.1, -0.05) is 0 Å². The summed E-state index contributed by atoms with van der Waals surface area (Å²) in [7, 11) is 2.01. The molecule has 0 aliphatic heterocycles. The summed E-state index contributed by atoms with van der Waals surface area (Å²) in [6.07, 6.45) is 1.74. The van der Waals surface area contributed by atoms with Gasteiger partial charge in [0.05, 0.1) is 0 Å². The molecule has 3 aromatic rings. The lowest BCUT2D eigenvalue weighted by molar-refractivity contribution is 0.901. The molecule has 3 heterocycles. The van der Waals surface area contributed by atoms with Crippen LogP contribution in [0, 0.1) is 13.8 Å². The quantitative estimate of drug-likeness (QED) is 0.800. The van der Waals surface area contributed by atoms with Crippen LogP contribution in [0.25, 0.3) is 11.4 Å². The van der Waals surface area contributed by atoms with Gasteiger partial charge in [0.25, 0.3) is 5.56 Å². The van der Waals surface area contributed by atoms with E-state index in [1.165, 1.54) is 5.56 Å². The number of hydrogen-bond donors (Lipinski definition) is 1. The number of aryl methyl sites for hydroxylation is 1. The molecule has 118 valence electrons. The van der Waals surface area contributed by atoms with E-state index in [2.05, 4.69) is 36.7 Å². The summed E-state index contributed by atoms with van der Waals surface area (Å²) in [5, 5.41) is 4.20. The maximum absolute atomic E-state index is 11.9. The SMILES string of the molecule is Cc1nc(-c2ccc(N(C)Cc3ccsc3)nc2)[nH]c(=O)c1C. The smallest absolute Gasteiger partial charge is 0.254 e. The summed E-state index contributed by atoms with van der Waals surface area (Å²) >= 11 is 1.69. The van der Waals surface area contributed by atoms with E-state index in [9.17, 15) is 4.79 Å². The molecule has 3 rings (SSSR count). The maximum atomic E-state index is 11.9. The Kier molecular flexibility index (Phi) is 4.25. The van der Waals surface area contributed by atoms with Crippen molar-refractivity contribution in [2.24, 2.45) is 0 Å². The van der Waals surface area contributed by atoms with Gasteiger partial charge in [0.1, 0.15) is 11.6 Å². The number of pyridine rings is 1. The fraction of sp³-hybridized carbons (Fsp3) is 0.235. The van der Waals surface area contributed by atoms with E-state index in [1.54, 1.807) is 24.5 Å². The Morgan fingerprint density at radius 3 is 2.70 bits per heavy atom. The summed E-state index contributed by atoms with van der Waals surface area (Å²) in [4.78, 5) is 25.7. The fourth-order valence-corrected chi connectivity index (χ4v) is 2.93. The first-order valence-corrected chi connectivity index (χ1v) is 8.25. The minimum atomic E-state index is -0.105. The first-order valence-electron chi connectivity index (χ1n) is 7.31. The van der Waals surface area contributed by atoms with Gasteiger partial charge in [-0.3, -0.25) is 4.79 Å². The summed E-state index contributed by atoms with van der Waals surface area (Å²) in [5.74, 6) is 1.43. The molecule has 0 amide bonds. The molecule has 0 aliphatic carbocycles. The molecule has 0 aliphatic rings. The van der Waals surface area contributed by atoms with Crippen molar-refractivity contribution in [2.75, 3.05) is 11.9 Å². The standard InChI is InChI=1S/C17H18N4OS/c1-11-12(2)19-16(20-17(11)22)14-4-5-15(18-8-14)21(3)9-13-6-7-23-10-13/h4-8,10H,9H2,1-3H3,(H,19,20,22). The van der Waals surface area contributed by atoms with Crippen LogP contribution in [-0.2, 0) is 6.54 Å². The predicted octanol–water partition coefficient (Wildman–Crippen LogP) is 3.15. The molecule has 0 fully saturated rings. The van der Waals surface area contributed by atoms with Crippen molar-refractivity contribution >= 4 is 17.2 Å². The molecule has 0 unspecified atom stereocenters. The second-order valence-electron chi connectivity index (χ2n) is 5.52. The Bertz CT molecular complexity index is 853. The predicted molar refractivity (Wildman–Crippen MR) is 94.0 cm³/mol. The summed E-state index contributed by atoms with van der Waals surface area (Å²) in [5.41, 5.74) is 3.35. The highest BCUT2D eigenvalue weighted by atomic mass is 32.1. The van der Waals surface area contributed by atoms with Gasteiger partial charge in [-0.15, -0.1) is 0 Å². The van der Waals surface area contributed by atoms with E-state index < -0.39 is 0 Å². The minimum absolute atomic E-state index is 0.105. The number of H-pyrrole nitrogens is 1. The lowest BCUT2D eigenvalue weighted by Crippen LogP contribution is -2.17. The monoisotopic (exact) mass is 326 g/mol. The molecule has 0 spiro atoms.